The minimum absolute atomic E-state index is 0.145. The largest absolute Gasteiger partial charge is 0.401 e. The predicted molar refractivity (Wildman–Crippen MR) is 60.5 cm³/mol. The summed E-state index contributed by atoms with van der Waals surface area (Å²) in [5.74, 6) is 0.456. The molecule has 0 saturated carbocycles. The maximum absolute atomic E-state index is 12.3. The standard InChI is InChI=1S/C8H10F3IN4O/c1-17-7(6-13-4-14-15-6)2-16(5(7)12)3-8(9,10)11/h4-5H,2-3H2,1H3,(H,13,14,15). The summed E-state index contributed by atoms with van der Waals surface area (Å²) >= 11 is 1.92. The van der Waals surface area contributed by atoms with Gasteiger partial charge in [0.15, 0.2) is 11.4 Å². The molecule has 1 saturated heterocycles. The lowest BCUT2D eigenvalue weighted by atomic mass is 9.93. The molecule has 2 unspecified atom stereocenters. The van der Waals surface area contributed by atoms with E-state index >= 15 is 0 Å². The van der Waals surface area contributed by atoms with Crippen LogP contribution in [-0.4, -0.2) is 50.5 Å². The van der Waals surface area contributed by atoms with Gasteiger partial charge >= 0.3 is 6.18 Å². The second-order valence-electron chi connectivity index (χ2n) is 3.78. The number of likely N-dealkylation sites (tertiary alicyclic amines) is 1. The van der Waals surface area contributed by atoms with Gasteiger partial charge in [-0.15, -0.1) is 0 Å². The Bertz CT molecular complexity index is 385. The number of aromatic nitrogens is 3. The van der Waals surface area contributed by atoms with Gasteiger partial charge in [-0.05, 0) is 0 Å². The van der Waals surface area contributed by atoms with Crippen molar-refractivity contribution in [2.75, 3.05) is 20.2 Å². The molecule has 9 heteroatoms. The lowest BCUT2D eigenvalue weighted by molar-refractivity contribution is -0.203. The zero-order chi connectivity index (χ0) is 12.7. The first-order valence-electron chi connectivity index (χ1n) is 4.75. The van der Waals surface area contributed by atoms with E-state index < -0.39 is 22.4 Å². The van der Waals surface area contributed by atoms with E-state index in [4.69, 9.17) is 4.74 Å². The lowest BCUT2D eigenvalue weighted by Crippen LogP contribution is -2.67. The number of ether oxygens (including phenoxy) is 1. The highest BCUT2D eigenvalue weighted by molar-refractivity contribution is 14.1. The number of nitrogens with one attached hydrogen (secondary N) is 1. The number of alkyl halides is 4. The molecule has 0 spiro atoms. The smallest absolute Gasteiger partial charge is 0.366 e. The Kier molecular flexibility index (Phi) is 3.34. The van der Waals surface area contributed by atoms with Crippen LogP contribution in [0.5, 0.6) is 0 Å². The minimum Gasteiger partial charge on any atom is -0.366 e. The number of hydrogen-bond acceptors (Lipinski definition) is 4. The molecule has 1 aromatic rings. The Labute approximate surface area is 109 Å². The Morgan fingerprint density at radius 1 is 1.71 bits per heavy atom. The molecule has 2 atom stereocenters. The van der Waals surface area contributed by atoms with Crippen LogP contribution in [-0.2, 0) is 10.3 Å². The summed E-state index contributed by atoms with van der Waals surface area (Å²) in [5.41, 5.74) is -0.831. The fraction of sp³-hybridized carbons (Fsp3) is 0.750. The third kappa shape index (κ3) is 2.27. The van der Waals surface area contributed by atoms with Crippen LogP contribution in [0.3, 0.4) is 0 Å². The molecule has 2 rings (SSSR count). The topological polar surface area (TPSA) is 54.0 Å². The van der Waals surface area contributed by atoms with Crippen LogP contribution in [0.1, 0.15) is 5.82 Å². The van der Waals surface area contributed by atoms with E-state index in [0.29, 0.717) is 5.82 Å². The van der Waals surface area contributed by atoms with Gasteiger partial charge in [0.2, 0.25) is 0 Å². The van der Waals surface area contributed by atoms with Crippen molar-refractivity contribution in [1.82, 2.24) is 20.1 Å². The van der Waals surface area contributed by atoms with Gasteiger partial charge in [-0.1, -0.05) is 22.6 Å². The summed E-state index contributed by atoms with van der Waals surface area (Å²) in [6, 6.07) is 0. The molecule has 0 amide bonds. The predicted octanol–water partition coefficient (Wildman–Crippen LogP) is 1.29. The highest BCUT2D eigenvalue weighted by Crippen LogP contribution is 2.44. The maximum atomic E-state index is 12.3. The van der Waals surface area contributed by atoms with Crippen molar-refractivity contribution in [2.24, 2.45) is 0 Å². The third-order valence-corrected chi connectivity index (χ3v) is 4.50. The van der Waals surface area contributed by atoms with Crippen molar-refractivity contribution in [2.45, 2.75) is 15.8 Å². The third-order valence-electron chi connectivity index (χ3n) is 2.71. The second-order valence-corrected chi connectivity index (χ2v) is 4.96. The van der Waals surface area contributed by atoms with E-state index in [1.165, 1.54) is 18.3 Å². The molecule has 0 aromatic carbocycles. The maximum Gasteiger partial charge on any atom is 0.401 e. The van der Waals surface area contributed by atoms with E-state index in [1.54, 1.807) is 0 Å². The lowest BCUT2D eigenvalue weighted by Gasteiger charge is -2.52. The van der Waals surface area contributed by atoms with E-state index in [0.717, 1.165) is 0 Å². The number of halogens is 4. The summed E-state index contributed by atoms with van der Waals surface area (Å²) < 4.78 is 41.7. The average molecular weight is 362 g/mol. The Morgan fingerprint density at radius 3 is 2.82 bits per heavy atom. The van der Waals surface area contributed by atoms with Crippen molar-refractivity contribution in [3.8, 4) is 0 Å². The first-order chi connectivity index (χ1) is 7.89. The zero-order valence-electron chi connectivity index (χ0n) is 8.83. The molecule has 2 heterocycles. The Morgan fingerprint density at radius 2 is 2.41 bits per heavy atom. The van der Waals surface area contributed by atoms with Gasteiger partial charge in [-0.2, -0.15) is 18.3 Å². The van der Waals surface area contributed by atoms with Crippen LogP contribution in [0.15, 0.2) is 6.33 Å². The fourth-order valence-corrected chi connectivity index (χ4v) is 3.00. The molecule has 0 aliphatic carbocycles. The van der Waals surface area contributed by atoms with Crippen molar-refractivity contribution in [3.05, 3.63) is 12.2 Å². The molecule has 17 heavy (non-hydrogen) atoms. The quantitative estimate of drug-likeness (QED) is 0.500. The number of H-pyrrole nitrogens is 1. The highest BCUT2D eigenvalue weighted by atomic mass is 127. The molecule has 0 bridgehead atoms. The van der Waals surface area contributed by atoms with Crippen molar-refractivity contribution < 1.29 is 17.9 Å². The summed E-state index contributed by atoms with van der Waals surface area (Å²) in [4.78, 5) is 5.24. The molecule has 1 aliphatic heterocycles. The van der Waals surface area contributed by atoms with Crippen LogP contribution < -0.4 is 0 Å². The first kappa shape index (κ1) is 13.0. The van der Waals surface area contributed by atoms with Crippen LogP contribution in [0, 0.1) is 0 Å². The van der Waals surface area contributed by atoms with Crippen LogP contribution in [0.2, 0.25) is 0 Å². The molecule has 1 aliphatic rings. The van der Waals surface area contributed by atoms with E-state index in [-0.39, 0.29) is 6.54 Å². The summed E-state index contributed by atoms with van der Waals surface area (Å²) in [6.45, 7) is -0.800. The second kappa shape index (κ2) is 4.35. The summed E-state index contributed by atoms with van der Waals surface area (Å²) in [5, 5.41) is 6.34. The monoisotopic (exact) mass is 362 g/mol. The molecule has 0 radical (unpaired) electrons. The van der Waals surface area contributed by atoms with Gasteiger partial charge in [-0.3, -0.25) is 10.00 Å². The van der Waals surface area contributed by atoms with Crippen LogP contribution >= 0.6 is 22.6 Å². The van der Waals surface area contributed by atoms with Crippen LogP contribution in [0.25, 0.3) is 0 Å². The molecular weight excluding hydrogens is 352 g/mol. The van der Waals surface area contributed by atoms with E-state index in [2.05, 4.69) is 15.2 Å². The highest BCUT2D eigenvalue weighted by Gasteiger charge is 2.57. The van der Waals surface area contributed by atoms with Crippen LogP contribution in [0.4, 0.5) is 13.2 Å². The zero-order valence-corrected chi connectivity index (χ0v) is 11.0. The normalized spacial score (nSPS) is 30.3. The molecule has 96 valence electrons. The van der Waals surface area contributed by atoms with Gasteiger partial charge in [0, 0.05) is 13.7 Å². The molecule has 5 nitrogen and oxygen atoms in total. The SMILES string of the molecule is COC1(c2ncn[nH]2)CN(CC(F)(F)F)C1I. The first-order valence-corrected chi connectivity index (χ1v) is 5.99. The van der Waals surface area contributed by atoms with Gasteiger partial charge in [-0.25, -0.2) is 4.98 Å². The number of aromatic amines is 1. The van der Waals surface area contributed by atoms with E-state index in [9.17, 15) is 13.2 Å². The number of hydrogen-bond donors (Lipinski definition) is 1. The number of nitrogens with zero attached hydrogens (tertiary/aromatic N) is 3. The number of methoxy groups -OCH3 is 1. The van der Waals surface area contributed by atoms with Gasteiger partial charge in [0.05, 0.1) is 6.54 Å². The molecule has 1 fully saturated rings. The van der Waals surface area contributed by atoms with Gasteiger partial charge in [0.25, 0.3) is 0 Å². The minimum atomic E-state index is -4.20. The fourth-order valence-electron chi connectivity index (χ4n) is 1.86. The average Bonchev–Trinajstić information content (AvgIpc) is 2.75. The molecular formula is C8H10F3IN4O. The van der Waals surface area contributed by atoms with Crippen molar-refractivity contribution in [3.63, 3.8) is 0 Å². The molecule has 1 N–H and O–H groups in total. The Hall–Kier alpha value is -0.420. The summed E-state index contributed by atoms with van der Waals surface area (Å²) in [6.07, 6.45) is -2.89. The number of rotatable bonds is 3. The summed E-state index contributed by atoms with van der Waals surface area (Å²) in [7, 11) is 1.46. The van der Waals surface area contributed by atoms with Crippen molar-refractivity contribution in [1.29, 1.82) is 0 Å². The van der Waals surface area contributed by atoms with E-state index in [1.807, 2.05) is 22.6 Å². The van der Waals surface area contributed by atoms with Gasteiger partial charge in [0.1, 0.15) is 10.4 Å². The van der Waals surface area contributed by atoms with Gasteiger partial charge < -0.3 is 4.74 Å². The Balaban J connectivity index is 2.10. The molecule has 1 aromatic heterocycles. The van der Waals surface area contributed by atoms with Crippen molar-refractivity contribution >= 4 is 22.6 Å².